The van der Waals surface area contributed by atoms with Crippen molar-refractivity contribution in [2.75, 3.05) is 56.9 Å². The van der Waals surface area contributed by atoms with Gasteiger partial charge >= 0.3 is 0 Å². The number of hydrogen-bond donors (Lipinski definition) is 0. The fraction of sp³-hybridized carbons (Fsp3) is 0.647. The summed E-state index contributed by atoms with van der Waals surface area (Å²) in [5, 5.41) is 0.636. The Hall–Kier alpha value is -0.200. The second kappa shape index (κ2) is 12.3. The van der Waals surface area contributed by atoms with Crippen LogP contribution in [-0.4, -0.2) is 62.1 Å². The molecule has 3 nitrogen and oxygen atoms in total. The minimum atomic E-state index is 0.636. The lowest BCUT2D eigenvalue weighted by Gasteiger charge is -2.16. The van der Waals surface area contributed by atoms with Gasteiger partial charge in [-0.25, -0.2) is 0 Å². The summed E-state index contributed by atoms with van der Waals surface area (Å²) in [6.45, 7) is 4.31. The van der Waals surface area contributed by atoms with Crippen molar-refractivity contribution in [3.63, 3.8) is 0 Å². The normalized spacial score (nSPS) is 23.4. The molecular weight excluding hydrogens is 316 g/mol. The van der Waals surface area contributed by atoms with Gasteiger partial charge in [0.15, 0.2) is 0 Å². The molecule has 0 aromatic heterocycles. The van der Waals surface area contributed by atoms with Crippen molar-refractivity contribution in [1.82, 2.24) is 0 Å². The van der Waals surface area contributed by atoms with Gasteiger partial charge in [-0.1, -0.05) is 30.3 Å². The first kappa shape index (κ1) is 18.1. The molecule has 1 aliphatic heterocycles. The van der Waals surface area contributed by atoms with Crippen LogP contribution in [0, 0.1) is 0 Å². The number of ether oxygens (including phenoxy) is 3. The number of benzene rings is 1. The van der Waals surface area contributed by atoms with Gasteiger partial charge in [0.2, 0.25) is 0 Å². The van der Waals surface area contributed by atoms with Crippen molar-refractivity contribution in [1.29, 1.82) is 0 Å². The summed E-state index contributed by atoms with van der Waals surface area (Å²) in [5.41, 5.74) is 1.42. The van der Waals surface area contributed by atoms with Crippen LogP contribution in [0.25, 0.3) is 0 Å². The summed E-state index contributed by atoms with van der Waals surface area (Å²) in [4.78, 5) is 0. The van der Waals surface area contributed by atoms with E-state index in [1.54, 1.807) is 0 Å². The van der Waals surface area contributed by atoms with Gasteiger partial charge in [-0.2, -0.15) is 23.5 Å². The monoisotopic (exact) mass is 342 g/mol. The summed E-state index contributed by atoms with van der Waals surface area (Å²) in [5.74, 6) is 3.27. The highest BCUT2D eigenvalue weighted by Crippen LogP contribution is 2.21. The molecule has 1 atom stereocenters. The predicted octanol–water partition coefficient (Wildman–Crippen LogP) is 3.13. The fourth-order valence-corrected chi connectivity index (χ4v) is 4.51. The topological polar surface area (TPSA) is 27.7 Å². The van der Waals surface area contributed by atoms with E-state index < -0.39 is 0 Å². The molecule has 1 heterocycles. The predicted molar refractivity (Wildman–Crippen MR) is 96.2 cm³/mol. The third-order valence-electron chi connectivity index (χ3n) is 3.31. The van der Waals surface area contributed by atoms with Crippen molar-refractivity contribution >= 4 is 23.5 Å². The zero-order valence-corrected chi connectivity index (χ0v) is 14.7. The molecule has 0 N–H and O–H groups in total. The average Bonchev–Trinajstić information content (AvgIpc) is 2.56. The van der Waals surface area contributed by atoms with Gasteiger partial charge < -0.3 is 14.2 Å². The molecule has 0 radical (unpaired) electrons. The Labute approximate surface area is 142 Å². The molecule has 0 spiro atoms. The first-order chi connectivity index (χ1) is 10.9. The number of thioether (sulfide) groups is 2. The molecule has 1 fully saturated rings. The minimum Gasteiger partial charge on any atom is -0.378 e. The van der Waals surface area contributed by atoms with Crippen LogP contribution in [0.15, 0.2) is 30.3 Å². The molecule has 0 saturated carbocycles. The lowest BCUT2D eigenvalue weighted by atomic mass is 10.1. The third-order valence-corrected chi connectivity index (χ3v) is 5.82. The maximum atomic E-state index is 5.61. The van der Waals surface area contributed by atoms with E-state index in [0.29, 0.717) is 31.7 Å². The first-order valence-electron chi connectivity index (χ1n) is 7.91. The van der Waals surface area contributed by atoms with Crippen LogP contribution in [0.2, 0.25) is 0 Å². The summed E-state index contributed by atoms with van der Waals surface area (Å²) in [6.07, 6.45) is 1.13. The summed E-state index contributed by atoms with van der Waals surface area (Å²) >= 11 is 4.01. The summed E-state index contributed by atoms with van der Waals surface area (Å²) in [6, 6.07) is 10.8. The molecule has 124 valence electrons. The highest BCUT2D eigenvalue weighted by molar-refractivity contribution is 8.03. The second-order valence-corrected chi connectivity index (χ2v) is 7.65. The van der Waals surface area contributed by atoms with Crippen LogP contribution in [0.5, 0.6) is 0 Å². The molecule has 1 aliphatic rings. The lowest BCUT2D eigenvalue weighted by Crippen LogP contribution is -2.14. The van der Waals surface area contributed by atoms with E-state index >= 15 is 0 Å². The molecule has 0 bridgehead atoms. The number of rotatable bonds is 2. The second-order valence-electron chi connectivity index (χ2n) is 5.09. The Balaban J connectivity index is 1.77. The zero-order chi connectivity index (χ0) is 15.3. The molecule has 1 unspecified atom stereocenters. The van der Waals surface area contributed by atoms with Crippen molar-refractivity contribution in [3.05, 3.63) is 35.9 Å². The Bertz CT molecular complexity index is 359. The van der Waals surface area contributed by atoms with Crippen LogP contribution in [0.1, 0.15) is 5.56 Å². The molecule has 22 heavy (non-hydrogen) atoms. The van der Waals surface area contributed by atoms with Crippen LogP contribution >= 0.6 is 23.5 Å². The minimum absolute atomic E-state index is 0.636. The molecule has 0 amide bonds. The van der Waals surface area contributed by atoms with E-state index in [9.17, 15) is 0 Å². The molecular formula is C17H26O3S2. The van der Waals surface area contributed by atoms with E-state index in [1.165, 1.54) is 11.3 Å². The van der Waals surface area contributed by atoms with Crippen LogP contribution in [0.3, 0.4) is 0 Å². The maximum absolute atomic E-state index is 5.61. The zero-order valence-electron chi connectivity index (χ0n) is 13.1. The van der Waals surface area contributed by atoms with Gasteiger partial charge in [0.05, 0.1) is 39.6 Å². The Morgan fingerprint density at radius 3 is 2.18 bits per heavy atom. The fourth-order valence-electron chi connectivity index (χ4n) is 2.19. The lowest BCUT2D eigenvalue weighted by molar-refractivity contribution is 0.0205. The van der Waals surface area contributed by atoms with Crippen LogP contribution in [0.4, 0.5) is 0 Å². The Morgan fingerprint density at radius 2 is 1.45 bits per heavy atom. The van der Waals surface area contributed by atoms with Gasteiger partial charge in [-0.3, -0.25) is 0 Å². The molecule has 0 aliphatic carbocycles. The quantitative estimate of drug-likeness (QED) is 0.823. The highest BCUT2D eigenvalue weighted by Gasteiger charge is 2.11. The van der Waals surface area contributed by atoms with Crippen molar-refractivity contribution < 1.29 is 14.2 Å². The van der Waals surface area contributed by atoms with Crippen molar-refractivity contribution in [2.45, 2.75) is 11.7 Å². The maximum Gasteiger partial charge on any atom is 0.0701 e. The van der Waals surface area contributed by atoms with Crippen molar-refractivity contribution in [2.24, 2.45) is 0 Å². The third kappa shape index (κ3) is 8.44. The van der Waals surface area contributed by atoms with Crippen LogP contribution in [-0.2, 0) is 20.6 Å². The van der Waals surface area contributed by atoms with Crippen LogP contribution < -0.4 is 0 Å². The Morgan fingerprint density at radius 1 is 0.818 bits per heavy atom. The van der Waals surface area contributed by atoms with Gasteiger partial charge in [0.25, 0.3) is 0 Å². The smallest absolute Gasteiger partial charge is 0.0701 e. The molecule has 2 rings (SSSR count). The molecule has 1 aromatic carbocycles. The first-order valence-corrected chi connectivity index (χ1v) is 10.1. The van der Waals surface area contributed by atoms with Gasteiger partial charge in [-0.15, -0.1) is 0 Å². The van der Waals surface area contributed by atoms with E-state index in [-0.39, 0.29) is 0 Å². The molecule has 1 saturated heterocycles. The van der Waals surface area contributed by atoms with Gasteiger partial charge in [0.1, 0.15) is 0 Å². The van der Waals surface area contributed by atoms with Gasteiger partial charge in [-0.05, 0) is 12.0 Å². The average molecular weight is 343 g/mol. The number of hydrogen-bond acceptors (Lipinski definition) is 5. The van der Waals surface area contributed by atoms with E-state index in [2.05, 4.69) is 30.3 Å². The van der Waals surface area contributed by atoms with E-state index in [4.69, 9.17) is 14.2 Å². The van der Waals surface area contributed by atoms with Crippen molar-refractivity contribution in [3.8, 4) is 0 Å². The van der Waals surface area contributed by atoms with Gasteiger partial charge in [0, 0.05) is 22.5 Å². The highest BCUT2D eigenvalue weighted by atomic mass is 32.2. The summed E-state index contributed by atoms with van der Waals surface area (Å²) in [7, 11) is 0. The molecule has 1 aromatic rings. The van der Waals surface area contributed by atoms with E-state index in [1.807, 2.05) is 23.5 Å². The standard InChI is InChI=1S/C17H26O3S2/c1-2-4-16(5-3-1)14-17-15-21-12-10-19-8-6-18-7-9-20-11-13-22-17/h1-5,17H,6-15H2. The largest absolute Gasteiger partial charge is 0.378 e. The summed E-state index contributed by atoms with van der Waals surface area (Å²) < 4.78 is 16.6. The Kier molecular flexibility index (Phi) is 10.1. The van der Waals surface area contributed by atoms with E-state index in [0.717, 1.165) is 31.1 Å². The SMILES string of the molecule is c1ccc(CC2CSCCOCCOCCOCCS2)cc1. The molecule has 5 heteroatoms.